The van der Waals surface area contributed by atoms with E-state index in [0.717, 1.165) is 36.1 Å². The maximum atomic E-state index is 14.3. The van der Waals surface area contributed by atoms with Crippen molar-refractivity contribution >= 4 is 17.4 Å². The molecule has 0 unspecified atom stereocenters. The van der Waals surface area contributed by atoms with Gasteiger partial charge in [-0.05, 0) is 37.5 Å². The zero-order valence-electron chi connectivity index (χ0n) is 14.1. The molecule has 0 atom stereocenters. The topological polar surface area (TPSA) is 44.4 Å². The van der Waals surface area contributed by atoms with E-state index in [1.807, 2.05) is 31.2 Å². The van der Waals surface area contributed by atoms with Crippen LogP contribution in [-0.4, -0.2) is 19.1 Å². The minimum absolute atomic E-state index is 0.0109. The van der Waals surface area contributed by atoms with Gasteiger partial charge in [-0.1, -0.05) is 29.8 Å². The van der Waals surface area contributed by atoms with Gasteiger partial charge in [0.1, 0.15) is 5.69 Å². The summed E-state index contributed by atoms with van der Waals surface area (Å²) in [5.74, 6) is -1.31. The van der Waals surface area contributed by atoms with Gasteiger partial charge < -0.3 is 15.5 Å². The van der Waals surface area contributed by atoms with Crippen molar-refractivity contribution in [1.29, 1.82) is 0 Å². The number of anilines is 2. The average molecular weight is 345 g/mol. The Morgan fingerprint density at radius 1 is 1.12 bits per heavy atom. The van der Waals surface area contributed by atoms with E-state index in [4.69, 9.17) is 0 Å². The number of urea groups is 1. The molecule has 0 aromatic heterocycles. The highest BCUT2D eigenvalue weighted by Gasteiger charge is 2.21. The monoisotopic (exact) mass is 345 g/mol. The lowest BCUT2D eigenvalue weighted by Gasteiger charge is -2.20. The minimum atomic E-state index is -0.657. The van der Waals surface area contributed by atoms with Crippen LogP contribution in [0.3, 0.4) is 0 Å². The Bertz CT molecular complexity index is 750. The molecule has 1 saturated heterocycles. The summed E-state index contributed by atoms with van der Waals surface area (Å²) in [7, 11) is 0. The van der Waals surface area contributed by atoms with Crippen molar-refractivity contribution in [3.05, 3.63) is 59.2 Å². The number of halogens is 2. The molecule has 1 heterocycles. The summed E-state index contributed by atoms with van der Waals surface area (Å²) in [6, 6.07) is 9.55. The Morgan fingerprint density at radius 2 is 1.80 bits per heavy atom. The molecule has 0 bridgehead atoms. The van der Waals surface area contributed by atoms with Crippen LogP contribution in [0.2, 0.25) is 0 Å². The van der Waals surface area contributed by atoms with Crippen LogP contribution >= 0.6 is 0 Å². The molecule has 2 aromatic rings. The quantitative estimate of drug-likeness (QED) is 0.872. The number of benzene rings is 2. The summed E-state index contributed by atoms with van der Waals surface area (Å²) in [6.45, 7) is 3.61. The second-order valence-corrected chi connectivity index (χ2v) is 6.28. The Kier molecular flexibility index (Phi) is 5.16. The van der Waals surface area contributed by atoms with Crippen molar-refractivity contribution in [3.8, 4) is 0 Å². The standard InChI is InChI=1S/C19H21F2N3O/c1-13-5-4-6-14(9-13)12-22-19(25)23-15-10-16(20)18(17(21)11-15)24-7-2-3-8-24/h4-6,9-11H,2-3,7-8,12H2,1H3,(H2,22,23,25). The zero-order valence-corrected chi connectivity index (χ0v) is 14.1. The fourth-order valence-electron chi connectivity index (χ4n) is 3.06. The summed E-state index contributed by atoms with van der Waals surface area (Å²) < 4.78 is 28.5. The third-order valence-corrected chi connectivity index (χ3v) is 4.23. The van der Waals surface area contributed by atoms with Crippen molar-refractivity contribution in [3.63, 3.8) is 0 Å². The molecule has 2 N–H and O–H groups in total. The van der Waals surface area contributed by atoms with Crippen molar-refractivity contribution < 1.29 is 13.6 Å². The van der Waals surface area contributed by atoms with Crippen LogP contribution in [0.15, 0.2) is 36.4 Å². The zero-order chi connectivity index (χ0) is 17.8. The molecule has 0 aliphatic carbocycles. The van der Waals surface area contributed by atoms with Gasteiger partial charge in [-0.2, -0.15) is 0 Å². The van der Waals surface area contributed by atoms with Crippen LogP contribution in [0.4, 0.5) is 25.0 Å². The molecule has 132 valence electrons. The first-order valence-corrected chi connectivity index (χ1v) is 8.37. The van der Waals surface area contributed by atoms with Crippen LogP contribution in [0.25, 0.3) is 0 Å². The van der Waals surface area contributed by atoms with Crippen LogP contribution < -0.4 is 15.5 Å². The lowest BCUT2D eigenvalue weighted by atomic mass is 10.1. The Balaban J connectivity index is 1.63. The predicted molar refractivity (Wildman–Crippen MR) is 94.8 cm³/mol. The lowest BCUT2D eigenvalue weighted by Crippen LogP contribution is -2.28. The first-order valence-electron chi connectivity index (χ1n) is 8.37. The first kappa shape index (κ1) is 17.2. The van der Waals surface area contributed by atoms with E-state index < -0.39 is 17.7 Å². The molecule has 6 heteroatoms. The molecule has 1 aliphatic heterocycles. The number of carbonyl (C=O) groups excluding carboxylic acids is 1. The van der Waals surface area contributed by atoms with Crippen molar-refractivity contribution in [1.82, 2.24) is 5.32 Å². The molecular formula is C19H21F2N3O. The predicted octanol–water partition coefficient (Wildman–Crippen LogP) is 4.20. The fraction of sp³-hybridized carbons (Fsp3) is 0.316. The summed E-state index contributed by atoms with van der Waals surface area (Å²) in [6.07, 6.45) is 1.86. The maximum Gasteiger partial charge on any atom is 0.319 e. The third-order valence-electron chi connectivity index (χ3n) is 4.23. The molecule has 2 aromatic carbocycles. The normalized spacial score (nSPS) is 13.8. The lowest BCUT2D eigenvalue weighted by molar-refractivity contribution is 0.251. The molecule has 4 nitrogen and oxygen atoms in total. The average Bonchev–Trinajstić information content (AvgIpc) is 3.06. The summed E-state index contributed by atoms with van der Waals surface area (Å²) >= 11 is 0. The number of hydrogen-bond donors (Lipinski definition) is 2. The van der Waals surface area contributed by atoms with Crippen molar-refractivity contribution in [2.75, 3.05) is 23.3 Å². The second kappa shape index (κ2) is 7.51. The van der Waals surface area contributed by atoms with E-state index in [9.17, 15) is 13.6 Å². The number of rotatable bonds is 4. The molecule has 25 heavy (non-hydrogen) atoms. The van der Waals surface area contributed by atoms with Gasteiger partial charge in [-0.25, -0.2) is 13.6 Å². The minimum Gasteiger partial charge on any atom is -0.367 e. The van der Waals surface area contributed by atoms with E-state index in [-0.39, 0.29) is 11.4 Å². The van der Waals surface area contributed by atoms with Crippen LogP contribution in [-0.2, 0) is 6.54 Å². The van der Waals surface area contributed by atoms with E-state index in [2.05, 4.69) is 10.6 Å². The van der Waals surface area contributed by atoms with Gasteiger partial charge in [-0.15, -0.1) is 0 Å². The molecular weight excluding hydrogens is 324 g/mol. The van der Waals surface area contributed by atoms with Gasteiger partial charge in [0.25, 0.3) is 0 Å². The Morgan fingerprint density at radius 3 is 2.44 bits per heavy atom. The molecule has 1 fully saturated rings. The Hall–Kier alpha value is -2.63. The molecule has 1 aliphatic rings. The van der Waals surface area contributed by atoms with Gasteiger partial charge >= 0.3 is 6.03 Å². The van der Waals surface area contributed by atoms with Crippen LogP contribution in [0, 0.1) is 18.6 Å². The largest absolute Gasteiger partial charge is 0.367 e. The number of nitrogens with zero attached hydrogens (tertiary/aromatic N) is 1. The smallest absolute Gasteiger partial charge is 0.319 e. The van der Waals surface area contributed by atoms with E-state index in [1.165, 1.54) is 0 Å². The van der Waals surface area contributed by atoms with Crippen molar-refractivity contribution in [2.24, 2.45) is 0 Å². The Labute approximate surface area is 145 Å². The highest BCUT2D eigenvalue weighted by Crippen LogP contribution is 2.29. The SMILES string of the molecule is Cc1cccc(CNC(=O)Nc2cc(F)c(N3CCCC3)c(F)c2)c1. The number of nitrogens with one attached hydrogen (secondary N) is 2. The molecule has 0 spiro atoms. The van der Waals surface area contributed by atoms with Gasteiger partial charge in [0.05, 0.1) is 0 Å². The van der Waals surface area contributed by atoms with Crippen LogP contribution in [0.1, 0.15) is 24.0 Å². The van der Waals surface area contributed by atoms with Gasteiger partial charge in [0, 0.05) is 25.3 Å². The van der Waals surface area contributed by atoms with E-state index >= 15 is 0 Å². The molecule has 0 saturated carbocycles. The summed E-state index contributed by atoms with van der Waals surface area (Å²) in [5.41, 5.74) is 2.14. The van der Waals surface area contributed by atoms with E-state index in [1.54, 1.807) is 4.90 Å². The van der Waals surface area contributed by atoms with Crippen LogP contribution in [0.5, 0.6) is 0 Å². The highest BCUT2D eigenvalue weighted by atomic mass is 19.1. The van der Waals surface area contributed by atoms with Gasteiger partial charge in [0.2, 0.25) is 0 Å². The fourth-order valence-corrected chi connectivity index (χ4v) is 3.06. The number of aryl methyl sites for hydroxylation is 1. The third kappa shape index (κ3) is 4.26. The number of amides is 2. The maximum absolute atomic E-state index is 14.3. The van der Waals surface area contributed by atoms with Gasteiger partial charge in [0.15, 0.2) is 11.6 Å². The molecule has 0 radical (unpaired) electrons. The first-order chi connectivity index (χ1) is 12.0. The highest BCUT2D eigenvalue weighted by molar-refractivity contribution is 5.89. The van der Waals surface area contributed by atoms with E-state index in [0.29, 0.717) is 19.6 Å². The van der Waals surface area contributed by atoms with Gasteiger partial charge in [-0.3, -0.25) is 0 Å². The van der Waals surface area contributed by atoms with Crippen molar-refractivity contribution in [2.45, 2.75) is 26.3 Å². The summed E-state index contributed by atoms with van der Waals surface area (Å²) in [5, 5.41) is 5.16. The number of hydrogen-bond acceptors (Lipinski definition) is 2. The summed E-state index contributed by atoms with van der Waals surface area (Å²) in [4.78, 5) is 13.7. The molecule has 3 rings (SSSR count). The number of carbonyl (C=O) groups is 1. The second-order valence-electron chi connectivity index (χ2n) is 6.28. The molecule has 2 amide bonds.